The first-order valence-corrected chi connectivity index (χ1v) is 10.1. The topological polar surface area (TPSA) is 122 Å². The molecule has 0 fully saturated rings. The first kappa shape index (κ1) is 22.4. The van der Waals surface area contributed by atoms with Gasteiger partial charge in [0.2, 0.25) is 10.0 Å². The van der Waals surface area contributed by atoms with Gasteiger partial charge in [-0.25, -0.2) is 13.2 Å². The van der Waals surface area contributed by atoms with Gasteiger partial charge in [0, 0.05) is 6.04 Å². The third-order valence-electron chi connectivity index (χ3n) is 3.39. The summed E-state index contributed by atoms with van der Waals surface area (Å²) in [7, 11) is -3.76. The van der Waals surface area contributed by atoms with Crippen LogP contribution >= 0.6 is 0 Å². The summed E-state index contributed by atoms with van der Waals surface area (Å²) >= 11 is 0. The minimum absolute atomic E-state index is 0.173. The predicted molar refractivity (Wildman–Crippen MR) is 101 cm³/mol. The third kappa shape index (κ3) is 7.26. The number of para-hydroxylation sites is 1. The number of ether oxygens (including phenoxy) is 1. The van der Waals surface area contributed by atoms with E-state index in [1.165, 1.54) is 6.92 Å². The summed E-state index contributed by atoms with van der Waals surface area (Å²) in [6, 6.07) is 5.78. The van der Waals surface area contributed by atoms with E-state index in [1.54, 1.807) is 45.0 Å². The van der Waals surface area contributed by atoms with E-state index >= 15 is 0 Å². The number of benzene rings is 1. The van der Waals surface area contributed by atoms with E-state index in [4.69, 9.17) is 4.74 Å². The number of carbonyl (C=O) groups excluding carboxylic acids is 3. The summed E-state index contributed by atoms with van der Waals surface area (Å²) in [4.78, 5) is 35.6. The van der Waals surface area contributed by atoms with Gasteiger partial charge in [0.1, 0.15) is 6.54 Å². The molecule has 1 aromatic carbocycles. The monoisotopic (exact) mass is 399 g/mol. The molecule has 1 aromatic rings. The molecule has 150 valence electrons. The third-order valence-corrected chi connectivity index (χ3v) is 4.52. The largest absolute Gasteiger partial charge is 0.451 e. The minimum atomic E-state index is -3.76. The van der Waals surface area contributed by atoms with E-state index < -0.39 is 40.6 Å². The molecule has 0 aliphatic heterocycles. The molecule has 0 saturated carbocycles. The van der Waals surface area contributed by atoms with E-state index in [-0.39, 0.29) is 6.04 Å². The van der Waals surface area contributed by atoms with Crippen LogP contribution < -0.4 is 14.9 Å². The number of sulfonamides is 1. The quantitative estimate of drug-likeness (QED) is 0.658. The molecule has 0 heterocycles. The van der Waals surface area contributed by atoms with Crippen molar-refractivity contribution in [3.63, 3.8) is 0 Å². The van der Waals surface area contributed by atoms with Crippen LogP contribution in [0.2, 0.25) is 0 Å². The second-order valence-corrected chi connectivity index (χ2v) is 8.21. The fraction of sp³-hybridized carbons (Fsp3) is 0.471. The number of nitrogens with zero attached hydrogens (tertiary/aromatic N) is 1. The molecule has 0 aromatic heterocycles. The van der Waals surface area contributed by atoms with Crippen molar-refractivity contribution < 1.29 is 27.5 Å². The molecule has 27 heavy (non-hydrogen) atoms. The van der Waals surface area contributed by atoms with Crippen molar-refractivity contribution in [3.8, 4) is 0 Å². The van der Waals surface area contributed by atoms with Gasteiger partial charge < -0.3 is 10.1 Å². The maximum absolute atomic E-state index is 12.2. The Labute approximate surface area is 159 Å². The van der Waals surface area contributed by atoms with Gasteiger partial charge in [-0.3, -0.25) is 19.2 Å². The van der Waals surface area contributed by atoms with Crippen LogP contribution in [0.5, 0.6) is 0 Å². The summed E-state index contributed by atoms with van der Waals surface area (Å²) in [6.07, 6.45) is -0.298. The average Bonchev–Trinajstić information content (AvgIpc) is 2.51. The second kappa shape index (κ2) is 9.36. The molecule has 0 unspecified atom stereocenters. The Morgan fingerprint density at radius 3 is 2.26 bits per heavy atom. The molecule has 0 spiro atoms. The van der Waals surface area contributed by atoms with Crippen LogP contribution in [0.4, 0.5) is 10.5 Å². The molecule has 3 amide bonds. The summed E-state index contributed by atoms with van der Waals surface area (Å²) in [5.74, 6) is -1.74. The maximum atomic E-state index is 12.2. The number of rotatable bonds is 7. The Balaban J connectivity index is 2.79. The Bertz CT molecular complexity index is 807. The Morgan fingerprint density at radius 2 is 1.74 bits per heavy atom. The normalized spacial score (nSPS) is 12.2. The van der Waals surface area contributed by atoms with Crippen LogP contribution in [0.3, 0.4) is 0 Å². The van der Waals surface area contributed by atoms with Crippen LogP contribution in [0.1, 0.15) is 26.3 Å². The van der Waals surface area contributed by atoms with Crippen molar-refractivity contribution >= 4 is 33.6 Å². The predicted octanol–water partition coefficient (Wildman–Crippen LogP) is 0.927. The van der Waals surface area contributed by atoms with Gasteiger partial charge in [-0.2, -0.15) is 0 Å². The van der Waals surface area contributed by atoms with E-state index in [0.717, 1.165) is 10.6 Å². The standard InChI is InChI=1S/C17H25N3O6S/c1-11(2)18-17(23)19-16(22)13(4)26-15(21)10-20(27(5,24)25)14-9-7-6-8-12(14)3/h6-9,11,13H,10H2,1-5H3,(H2,18,19,22,23)/t13-/m1/s1. The SMILES string of the molecule is Cc1ccccc1N(CC(=O)O[C@H](C)C(=O)NC(=O)NC(C)C)S(C)(=O)=O. The highest BCUT2D eigenvalue weighted by molar-refractivity contribution is 7.92. The van der Waals surface area contributed by atoms with Crippen LogP contribution in [0, 0.1) is 6.92 Å². The zero-order valence-electron chi connectivity index (χ0n) is 16.0. The van der Waals surface area contributed by atoms with Gasteiger partial charge in [0.05, 0.1) is 11.9 Å². The van der Waals surface area contributed by atoms with Crippen molar-refractivity contribution in [1.82, 2.24) is 10.6 Å². The molecule has 0 radical (unpaired) electrons. The Kier molecular flexibility index (Phi) is 7.77. The summed E-state index contributed by atoms with van der Waals surface area (Å²) in [5.41, 5.74) is 0.997. The van der Waals surface area contributed by atoms with Crippen molar-refractivity contribution in [1.29, 1.82) is 0 Å². The van der Waals surface area contributed by atoms with Crippen LogP contribution in [-0.2, 0) is 24.3 Å². The number of hydrogen-bond acceptors (Lipinski definition) is 6. The summed E-state index contributed by atoms with van der Waals surface area (Å²) in [6.45, 7) is 5.84. The number of amides is 3. The lowest BCUT2D eigenvalue weighted by Crippen LogP contribution is -2.47. The molecule has 1 atom stereocenters. The number of aryl methyl sites for hydroxylation is 1. The smallest absolute Gasteiger partial charge is 0.327 e. The van der Waals surface area contributed by atoms with Gasteiger partial charge in [0.25, 0.3) is 5.91 Å². The van der Waals surface area contributed by atoms with Crippen molar-refractivity contribution in [3.05, 3.63) is 29.8 Å². The Hall–Kier alpha value is -2.62. The highest BCUT2D eigenvalue weighted by Gasteiger charge is 2.26. The lowest BCUT2D eigenvalue weighted by Gasteiger charge is -2.24. The molecular weight excluding hydrogens is 374 g/mol. The lowest BCUT2D eigenvalue weighted by atomic mass is 10.2. The molecule has 0 aliphatic rings. The van der Waals surface area contributed by atoms with Crippen LogP contribution in [0.15, 0.2) is 24.3 Å². The van der Waals surface area contributed by atoms with Crippen molar-refractivity contribution in [2.45, 2.75) is 39.8 Å². The second-order valence-electron chi connectivity index (χ2n) is 6.31. The summed E-state index contributed by atoms with van der Waals surface area (Å²) < 4.78 is 30.0. The van der Waals surface area contributed by atoms with Gasteiger partial charge in [-0.15, -0.1) is 0 Å². The van der Waals surface area contributed by atoms with E-state index in [0.29, 0.717) is 11.3 Å². The number of urea groups is 1. The number of nitrogens with one attached hydrogen (secondary N) is 2. The highest BCUT2D eigenvalue weighted by atomic mass is 32.2. The number of hydrogen-bond donors (Lipinski definition) is 2. The van der Waals surface area contributed by atoms with E-state index in [2.05, 4.69) is 5.32 Å². The van der Waals surface area contributed by atoms with E-state index in [9.17, 15) is 22.8 Å². The number of imide groups is 1. The van der Waals surface area contributed by atoms with Gasteiger partial charge in [0.15, 0.2) is 6.10 Å². The van der Waals surface area contributed by atoms with Gasteiger partial charge >= 0.3 is 12.0 Å². The molecule has 0 bridgehead atoms. The number of carbonyl (C=O) groups is 3. The van der Waals surface area contributed by atoms with E-state index in [1.807, 2.05) is 5.32 Å². The first-order chi connectivity index (χ1) is 12.4. The molecule has 10 heteroatoms. The van der Waals surface area contributed by atoms with Crippen molar-refractivity contribution in [2.75, 3.05) is 17.1 Å². The summed E-state index contributed by atoms with van der Waals surface area (Å²) in [5, 5.41) is 4.51. The van der Waals surface area contributed by atoms with Gasteiger partial charge in [-0.05, 0) is 39.3 Å². The number of esters is 1. The zero-order valence-corrected chi connectivity index (χ0v) is 16.8. The molecule has 2 N–H and O–H groups in total. The van der Waals surface area contributed by atoms with Gasteiger partial charge in [-0.1, -0.05) is 18.2 Å². The fourth-order valence-electron chi connectivity index (χ4n) is 2.14. The molecular formula is C17H25N3O6S. The van der Waals surface area contributed by atoms with Crippen molar-refractivity contribution in [2.24, 2.45) is 0 Å². The lowest BCUT2D eigenvalue weighted by molar-refractivity contribution is -0.152. The maximum Gasteiger partial charge on any atom is 0.327 e. The first-order valence-electron chi connectivity index (χ1n) is 8.26. The zero-order chi connectivity index (χ0) is 20.8. The minimum Gasteiger partial charge on any atom is -0.451 e. The molecule has 1 rings (SSSR count). The highest BCUT2D eigenvalue weighted by Crippen LogP contribution is 2.21. The number of anilines is 1. The van der Waals surface area contributed by atoms with Crippen LogP contribution in [0.25, 0.3) is 0 Å². The molecule has 9 nitrogen and oxygen atoms in total. The molecule has 0 aliphatic carbocycles. The van der Waals surface area contributed by atoms with Crippen LogP contribution in [-0.4, -0.2) is 51.3 Å². The molecule has 0 saturated heterocycles. The Morgan fingerprint density at radius 1 is 1.15 bits per heavy atom. The average molecular weight is 399 g/mol. The fourth-order valence-corrected chi connectivity index (χ4v) is 3.04.